The van der Waals surface area contributed by atoms with E-state index in [1.807, 2.05) is 48.5 Å². The lowest BCUT2D eigenvalue weighted by Gasteiger charge is -2.04. The van der Waals surface area contributed by atoms with Crippen LogP contribution >= 0.6 is 11.6 Å². The first-order valence-electron chi connectivity index (χ1n) is 6.61. The molecule has 0 fully saturated rings. The fourth-order valence-electron chi connectivity index (χ4n) is 1.94. The third kappa shape index (κ3) is 3.15. The largest absolute Gasteiger partial charge is 0.497 e. The van der Waals surface area contributed by atoms with Crippen molar-refractivity contribution in [2.75, 3.05) is 12.5 Å². The van der Waals surface area contributed by atoms with Gasteiger partial charge >= 0.3 is 0 Å². The van der Waals surface area contributed by atoms with Gasteiger partial charge in [0, 0.05) is 0 Å². The third-order valence-corrected chi connectivity index (χ3v) is 3.27. The zero-order chi connectivity index (χ0) is 15.4. The Hall–Kier alpha value is -2.66. The Morgan fingerprint density at radius 2 is 1.86 bits per heavy atom. The smallest absolute Gasteiger partial charge is 0.185 e. The van der Waals surface area contributed by atoms with Crippen molar-refractivity contribution in [3.63, 3.8) is 0 Å². The molecule has 0 saturated carbocycles. The van der Waals surface area contributed by atoms with Crippen LogP contribution in [0.1, 0.15) is 5.56 Å². The van der Waals surface area contributed by atoms with Crippen molar-refractivity contribution >= 4 is 34.7 Å². The maximum absolute atomic E-state index is 6.10. The summed E-state index contributed by atoms with van der Waals surface area (Å²) in [5.41, 5.74) is 5.21. The van der Waals surface area contributed by atoms with Crippen molar-refractivity contribution in [3.05, 3.63) is 59.2 Å². The fraction of sp³-hybridized carbons (Fsp3) is 0.0625. The van der Waals surface area contributed by atoms with Crippen LogP contribution in [0.15, 0.2) is 53.6 Å². The first kappa shape index (κ1) is 14.3. The number of para-hydroxylation sites is 2. The molecule has 2 aromatic carbocycles. The number of fused-ring (bicyclic) bond motifs is 1. The van der Waals surface area contributed by atoms with Gasteiger partial charge in [-0.2, -0.15) is 5.10 Å². The summed E-state index contributed by atoms with van der Waals surface area (Å²) in [5, 5.41) is 4.42. The molecule has 110 valence electrons. The maximum Gasteiger partial charge on any atom is 0.185 e. The number of rotatable bonds is 4. The summed E-state index contributed by atoms with van der Waals surface area (Å²) in [6.45, 7) is 0. The maximum atomic E-state index is 6.10. The van der Waals surface area contributed by atoms with Crippen LogP contribution in [0.5, 0.6) is 5.75 Å². The molecule has 0 amide bonds. The number of anilines is 1. The van der Waals surface area contributed by atoms with Crippen molar-refractivity contribution in [2.24, 2.45) is 5.10 Å². The van der Waals surface area contributed by atoms with Crippen LogP contribution in [0.3, 0.4) is 0 Å². The minimum Gasteiger partial charge on any atom is -0.497 e. The van der Waals surface area contributed by atoms with Gasteiger partial charge in [0.1, 0.15) is 5.75 Å². The second-order valence-corrected chi connectivity index (χ2v) is 4.86. The Morgan fingerprint density at radius 3 is 2.64 bits per heavy atom. The Balaban J connectivity index is 1.81. The number of nitrogens with zero attached hydrogens (tertiary/aromatic N) is 3. The molecular weight excluding hydrogens is 300 g/mol. The number of methoxy groups -OCH3 is 1. The summed E-state index contributed by atoms with van der Waals surface area (Å²) < 4.78 is 5.16. The fourth-order valence-corrected chi connectivity index (χ4v) is 2.12. The second-order valence-electron chi connectivity index (χ2n) is 4.50. The summed E-state index contributed by atoms with van der Waals surface area (Å²) in [6.07, 6.45) is 1.66. The number of benzene rings is 2. The minimum absolute atomic E-state index is 0.279. The molecule has 0 atom stereocenters. The molecule has 1 N–H and O–H groups in total. The third-order valence-electron chi connectivity index (χ3n) is 3.01. The lowest BCUT2D eigenvalue weighted by Crippen LogP contribution is -1.97. The standard InChI is InChI=1S/C16H13ClN4O/c1-22-12-6-4-5-11(9-12)10-18-21-16-15(17)19-13-7-2-3-8-14(13)20-16/h2-10H,1H3,(H,20,21)/b18-10-. The molecule has 0 saturated heterocycles. The van der Waals surface area contributed by atoms with Gasteiger partial charge in [0.05, 0.1) is 24.4 Å². The predicted octanol–water partition coefficient (Wildman–Crippen LogP) is 3.74. The number of hydrogen-bond donors (Lipinski definition) is 1. The molecule has 3 rings (SSSR count). The van der Waals surface area contributed by atoms with Crippen LogP contribution in [-0.2, 0) is 0 Å². The van der Waals surface area contributed by atoms with E-state index in [-0.39, 0.29) is 5.15 Å². The van der Waals surface area contributed by atoms with Crippen molar-refractivity contribution in [1.82, 2.24) is 9.97 Å². The van der Waals surface area contributed by atoms with Crippen LogP contribution in [0.4, 0.5) is 5.82 Å². The molecule has 0 aliphatic carbocycles. The van der Waals surface area contributed by atoms with Crippen LogP contribution < -0.4 is 10.2 Å². The van der Waals surface area contributed by atoms with Gasteiger partial charge in [-0.1, -0.05) is 35.9 Å². The average Bonchev–Trinajstić information content (AvgIpc) is 2.55. The minimum atomic E-state index is 0.279. The highest BCUT2D eigenvalue weighted by atomic mass is 35.5. The molecule has 6 heteroatoms. The van der Waals surface area contributed by atoms with Gasteiger partial charge in [-0.25, -0.2) is 9.97 Å². The van der Waals surface area contributed by atoms with Crippen LogP contribution in [0.2, 0.25) is 5.15 Å². The number of ether oxygens (including phenoxy) is 1. The van der Waals surface area contributed by atoms with E-state index in [1.54, 1.807) is 13.3 Å². The Kier molecular flexibility index (Phi) is 4.16. The van der Waals surface area contributed by atoms with Gasteiger partial charge in [0.25, 0.3) is 0 Å². The average molecular weight is 313 g/mol. The van der Waals surface area contributed by atoms with Gasteiger partial charge < -0.3 is 4.74 Å². The van der Waals surface area contributed by atoms with Crippen LogP contribution in [-0.4, -0.2) is 23.3 Å². The second kappa shape index (κ2) is 6.41. The Morgan fingerprint density at radius 1 is 1.09 bits per heavy atom. The molecule has 0 aliphatic heterocycles. The van der Waals surface area contributed by atoms with Gasteiger partial charge in [-0.05, 0) is 29.8 Å². The van der Waals surface area contributed by atoms with Gasteiger partial charge in [0.2, 0.25) is 0 Å². The van der Waals surface area contributed by atoms with Crippen molar-refractivity contribution in [2.45, 2.75) is 0 Å². The molecule has 1 aromatic heterocycles. The van der Waals surface area contributed by atoms with E-state index in [9.17, 15) is 0 Å². The monoisotopic (exact) mass is 312 g/mol. The SMILES string of the molecule is COc1cccc(/C=N\Nc2nc3ccccc3nc2Cl)c1. The Labute approximate surface area is 132 Å². The molecule has 0 spiro atoms. The summed E-state index contributed by atoms with van der Waals surface area (Å²) >= 11 is 6.10. The van der Waals surface area contributed by atoms with E-state index >= 15 is 0 Å². The number of aromatic nitrogens is 2. The number of nitrogens with one attached hydrogen (secondary N) is 1. The molecule has 0 aliphatic rings. The van der Waals surface area contributed by atoms with Crippen molar-refractivity contribution in [3.8, 4) is 5.75 Å². The van der Waals surface area contributed by atoms with E-state index < -0.39 is 0 Å². The van der Waals surface area contributed by atoms with E-state index in [0.717, 1.165) is 22.3 Å². The van der Waals surface area contributed by atoms with Crippen LogP contribution in [0, 0.1) is 0 Å². The first-order valence-corrected chi connectivity index (χ1v) is 6.99. The summed E-state index contributed by atoms with van der Waals surface area (Å²) in [5.74, 6) is 1.19. The molecule has 22 heavy (non-hydrogen) atoms. The highest BCUT2D eigenvalue weighted by molar-refractivity contribution is 6.32. The van der Waals surface area contributed by atoms with Gasteiger partial charge in [-0.15, -0.1) is 0 Å². The van der Waals surface area contributed by atoms with Crippen molar-refractivity contribution in [1.29, 1.82) is 0 Å². The molecule has 3 aromatic rings. The molecule has 5 nitrogen and oxygen atoms in total. The topological polar surface area (TPSA) is 59.4 Å². The summed E-state index contributed by atoms with van der Waals surface area (Å²) in [4.78, 5) is 8.67. The summed E-state index contributed by atoms with van der Waals surface area (Å²) in [6, 6.07) is 15.1. The molecular formula is C16H13ClN4O. The molecule has 0 unspecified atom stereocenters. The number of halogens is 1. The number of hydrazone groups is 1. The molecule has 0 radical (unpaired) electrons. The predicted molar refractivity (Wildman–Crippen MR) is 88.8 cm³/mol. The van der Waals surface area contributed by atoms with Gasteiger partial charge in [0.15, 0.2) is 11.0 Å². The highest BCUT2D eigenvalue weighted by Gasteiger charge is 2.05. The lowest BCUT2D eigenvalue weighted by atomic mass is 10.2. The van der Waals surface area contributed by atoms with E-state index in [4.69, 9.17) is 16.3 Å². The highest BCUT2D eigenvalue weighted by Crippen LogP contribution is 2.20. The van der Waals surface area contributed by atoms with Crippen molar-refractivity contribution < 1.29 is 4.74 Å². The first-order chi connectivity index (χ1) is 10.8. The quantitative estimate of drug-likeness (QED) is 0.589. The van der Waals surface area contributed by atoms with Gasteiger partial charge in [-0.3, -0.25) is 5.43 Å². The number of hydrogen-bond acceptors (Lipinski definition) is 5. The van der Waals surface area contributed by atoms with E-state index in [0.29, 0.717) is 5.82 Å². The van der Waals surface area contributed by atoms with E-state index in [1.165, 1.54) is 0 Å². The zero-order valence-electron chi connectivity index (χ0n) is 11.8. The Bertz CT molecular complexity index is 835. The zero-order valence-corrected chi connectivity index (χ0v) is 12.6. The van der Waals surface area contributed by atoms with E-state index in [2.05, 4.69) is 20.5 Å². The lowest BCUT2D eigenvalue weighted by molar-refractivity contribution is 0.415. The molecule has 1 heterocycles. The normalized spacial score (nSPS) is 11.0. The molecule has 0 bridgehead atoms. The summed E-state index contributed by atoms with van der Waals surface area (Å²) in [7, 11) is 1.62. The van der Waals surface area contributed by atoms with Crippen LogP contribution in [0.25, 0.3) is 11.0 Å².